The Hall–Kier alpha value is -2.54. The number of rotatable bonds is 8. The summed E-state index contributed by atoms with van der Waals surface area (Å²) in [6.45, 7) is 9.02. The number of ether oxygens (including phenoxy) is 1. The molecule has 7 heteroatoms. The third-order valence-corrected chi connectivity index (χ3v) is 5.42. The molecular formula is C22H33N5O2. The van der Waals surface area contributed by atoms with Crippen LogP contribution in [0.3, 0.4) is 0 Å². The van der Waals surface area contributed by atoms with Crippen LogP contribution in [0, 0.1) is 0 Å². The van der Waals surface area contributed by atoms with Gasteiger partial charge in [0.15, 0.2) is 11.7 Å². The molecule has 2 heterocycles. The van der Waals surface area contributed by atoms with Gasteiger partial charge >= 0.3 is 0 Å². The Morgan fingerprint density at radius 1 is 1.14 bits per heavy atom. The number of morpholine rings is 1. The quantitative estimate of drug-likeness (QED) is 0.524. The van der Waals surface area contributed by atoms with E-state index in [-0.39, 0.29) is 0 Å². The van der Waals surface area contributed by atoms with Crippen molar-refractivity contribution in [1.82, 2.24) is 15.8 Å². The summed E-state index contributed by atoms with van der Waals surface area (Å²) < 4.78 is 11.0. The number of anilines is 1. The first kappa shape index (κ1) is 21.2. The maximum atomic E-state index is 5.49. The summed E-state index contributed by atoms with van der Waals surface area (Å²) in [5, 5.41) is 10.9. The molecule has 1 aliphatic rings. The maximum Gasteiger partial charge on any atom is 0.191 e. The molecule has 0 radical (unpaired) electrons. The molecule has 29 heavy (non-hydrogen) atoms. The first-order valence-electron chi connectivity index (χ1n) is 10.6. The fourth-order valence-corrected chi connectivity index (χ4v) is 3.66. The van der Waals surface area contributed by atoms with Crippen LogP contribution in [-0.2, 0) is 17.8 Å². The predicted molar refractivity (Wildman–Crippen MR) is 116 cm³/mol. The van der Waals surface area contributed by atoms with E-state index in [1.807, 2.05) is 6.07 Å². The topological polar surface area (TPSA) is 74.9 Å². The van der Waals surface area contributed by atoms with Crippen LogP contribution < -0.4 is 15.5 Å². The third-order valence-electron chi connectivity index (χ3n) is 5.42. The Kier molecular flexibility index (Phi) is 7.93. The second-order valence-corrected chi connectivity index (χ2v) is 7.24. The molecule has 158 valence electrons. The smallest absolute Gasteiger partial charge is 0.191 e. The molecule has 0 aliphatic carbocycles. The van der Waals surface area contributed by atoms with Crippen LogP contribution in [0.2, 0.25) is 0 Å². The Bertz CT molecular complexity index is 779. The molecule has 0 saturated carbocycles. The fraction of sp³-hybridized carbons (Fsp3) is 0.545. The summed E-state index contributed by atoms with van der Waals surface area (Å²) in [5.74, 6) is 2.02. The number of aliphatic imine (C=N–C) groups is 1. The minimum Gasteiger partial charge on any atom is -0.378 e. The Morgan fingerprint density at radius 2 is 1.86 bits per heavy atom. The van der Waals surface area contributed by atoms with Crippen molar-refractivity contribution in [1.29, 1.82) is 0 Å². The van der Waals surface area contributed by atoms with E-state index >= 15 is 0 Å². The summed E-state index contributed by atoms with van der Waals surface area (Å²) in [5.41, 5.74) is 3.53. The second kappa shape index (κ2) is 10.9. The molecule has 1 aromatic heterocycles. The summed E-state index contributed by atoms with van der Waals surface area (Å²) in [6, 6.07) is 10.5. The molecule has 7 nitrogen and oxygen atoms in total. The first-order valence-corrected chi connectivity index (χ1v) is 10.6. The van der Waals surface area contributed by atoms with Crippen LogP contribution in [0.15, 0.2) is 39.8 Å². The molecule has 1 fully saturated rings. The molecular weight excluding hydrogens is 366 g/mol. The Morgan fingerprint density at radius 3 is 2.59 bits per heavy atom. The predicted octanol–water partition coefficient (Wildman–Crippen LogP) is 3.28. The van der Waals surface area contributed by atoms with Crippen molar-refractivity contribution in [2.75, 3.05) is 38.3 Å². The lowest BCUT2D eigenvalue weighted by Crippen LogP contribution is -2.38. The monoisotopic (exact) mass is 399 g/mol. The minimum absolute atomic E-state index is 0.460. The van der Waals surface area contributed by atoms with E-state index in [2.05, 4.69) is 63.8 Å². The van der Waals surface area contributed by atoms with Crippen molar-refractivity contribution in [3.63, 3.8) is 0 Å². The Labute approximate surface area is 173 Å². The van der Waals surface area contributed by atoms with E-state index in [0.29, 0.717) is 19.0 Å². The van der Waals surface area contributed by atoms with Crippen molar-refractivity contribution < 1.29 is 9.26 Å². The zero-order valence-corrected chi connectivity index (χ0v) is 17.8. The highest BCUT2D eigenvalue weighted by Gasteiger charge is 2.15. The number of hydrogen-bond donors (Lipinski definition) is 2. The number of aromatic nitrogens is 1. The van der Waals surface area contributed by atoms with Gasteiger partial charge < -0.3 is 24.8 Å². The van der Waals surface area contributed by atoms with Crippen molar-refractivity contribution in [3.05, 3.63) is 47.3 Å². The van der Waals surface area contributed by atoms with Gasteiger partial charge in [0, 0.05) is 44.4 Å². The summed E-state index contributed by atoms with van der Waals surface area (Å²) in [7, 11) is 1.78. The zero-order chi connectivity index (χ0) is 20.5. The van der Waals surface area contributed by atoms with E-state index in [9.17, 15) is 0 Å². The average molecular weight is 400 g/mol. The van der Waals surface area contributed by atoms with Gasteiger partial charge in [-0.3, -0.25) is 4.99 Å². The zero-order valence-electron chi connectivity index (χ0n) is 17.8. The van der Waals surface area contributed by atoms with Crippen molar-refractivity contribution >= 4 is 11.6 Å². The lowest BCUT2D eigenvalue weighted by molar-refractivity contribution is 0.122. The van der Waals surface area contributed by atoms with Crippen LogP contribution in [0.25, 0.3) is 0 Å². The van der Waals surface area contributed by atoms with Gasteiger partial charge in [0.05, 0.1) is 25.5 Å². The molecule has 0 bridgehead atoms. The molecule has 0 atom stereocenters. The van der Waals surface area contributed by atoms with Gasteiger partial charge in [0.25, 0.3) is 0 Å². The lowest BCUT2D eigenvalue weighted by Gasteiger charge is -2.30. The molecule has 0 spiro atoms. The molecule has 1 aromatic carbocycles. The SMILES string of the molecule is CCC(CC)c1cc(CNC(=NC)NCc2ccccc2N2CCOCC2)on1. The third kappa shape index (κ3) is 5.73. The van der Waals surface area contributed by atoms with Gasteiger partial charge in [0.1, 0.15) is 0 Å². The molecule has 0 unspecified atom stereocenters. The largest absolute Gasteiger partial charge is 0.378 e. The molecule has 3 rings (SSSR count). The van der Waals surface area contributed by atoms with Gasteiger partial charge in [-0.15, -0.1) is 0 Å². The average Bonchev–Trinajstić information content (AvgIpc) is 3.24. The van der Waals surface area contributed by atoms with E-state index in [4.69, 9.17) is 9.26 Å². The maximum absolute atomic E-state index is 5.49. The van der Waals surface area contributed by atoms with Crippen molar-refractivity contribution in [2.45, 2.75) is 45.7 Å². The Balaban J connectivity index is 1.55. The van der Waals surface area contributed by atoms with Gasteiger partial charge in [0.2, 0.25) is 0 Å². The van der Waals surface area contributed by atoms with Crippen LogP contribution in [0.5, 0.6) is 0 Å². The minimum atomic E-state index is 0.460. The highest BCUT2D eigenvalue weighted by atomic mass is 16.5. The standard InChI is InChI=1S/C22H33N5O2/c1-4-17(5-2)20-14-19(29-26-20)16-25-22(23-3)24-15-18-8-6-7-9-21(18)27-10-12-28-13-11-27/h6-9,14,17H,4-5,10-13,15-16H2,1-3H3,(H2,23,24,25). The normalized spacial score (nSPS) is 15.0. The molecule has 1 saturated heterocycles. The fourth-order valence-electron chi connectivity index (χ4n) is 3.66. The number of nitrogens with one attached hydrogen (secondary N) is 2. The molecule has 1 aliphatic heterocycles. The van der Waals surface area contributed by atoms with Gasteiger partial charge in [-0.25, -0.2) is 0 Å². The molecule has 2 aromatic rings. The van der Waals surface area contributed by atoms with Crippen molar-refractivity contribution in [3.8, 4) is 0 Å². The first-order chi connectivity index (χ1) is 14.2. The summed E-state index contributed by atoms with van der Waals surface area (Å²) >= 11 is 0. The van der Waals surface area contributed by atoms with E-state index in [0.717, 1.165) is 56.6 Å². The molecule has 0 amide bonds. The number of nitrogens with zero attached hydrogens (tertiary/aromatic N) is 3. The summed E-state index contributed by atoms with van der Waals surface area (Å²) in [6.07, 6.45) is 2.14. The lowest BCUT2D eigenvalue weighted by atomic mass is 9.99. The van der Waals surface area contributed by atoms with Crippen molar-refractivity contribution in [2.24, 2.45) is 4.99 Å². The number of hydrogen-bond acceptors (Lipinski definition) is 5. The van der Waals surface area contributed by atoms with Gasteiger partial charge in [-0.1, -0.05) is 37.2 Å². The van der Waals surface area contributed by atoms with E-state index in [1.54, 1.807) is 7.05 Å². The number of guanidine groups is 1. The van der Waals surface area contributed by atoms with Crippen LogP contribution >= 0.6 is 0 Å². The van der Waals surface area contributed by atoms with Crippen LogP contribution in [0.4, 0.5) is 5.69 Å². The van der Waals surface area contributed by atoms with Crippen LogP contribution in [0.1, 0.15) is 49.6 Å². The second-order valence-electron chi connectivity index (χ2n) is 7.24. The highest BCUT2D eigenvalue weighted by Crippen LogP contribution is 2.23. The highest BCUT2D eigenvalue weighted by molar-refractivity contribution is 5.79. The van der Waals surface area contributed by atoms with Gasteiger partial charge in [-0.2, -0.15) is 0 Å². The van der Waals surface area contributed by atoms with E-state index in [1.165, 1.54) is 11.3 Å². The summed E-state index contributed by atoms with van der Waals surface area (Å²) in [4.78, 5) is 6.71. The molecule has 2 N–H and O–H groups in total. The van der Waals surface area contributed by atoms with E-state index < -0.39 is 0 Å². The van der Waals surface area contributed by atoms with Gasteiger partial charge in [-0.05, 0) is 24.5 Å². The van der Waals surface area contributed by atoms with Crippen LogP contribution in [-0.4, -0.2) is 44.5 Å². The number of benzene rings is 1. The number of para-hydroxylation sites is 1.